The molecule has 0 aliphatic rings. The molecule has 114 valence electrons. The Hall–Kier alpha value is -1.88. The molecule has 21 heavy (non-hydrogen) atoms. The number of methoxy groups -OCH3 is 1. The molecule has 0 radical (unpaired) electrons. The quantitative estimate of drug-likeness (QED) is 0.851. The Balaban J connectivity index is 1.97. The van der Waals surface area contributed by atoms with E-state index in [0.29, 0.717) is 12.5 Å². The Morgan fingerprint density at radius 2 is 2.10 bits per heavy atom. The summed E-state index contributed by atoms with van der Waals surface area (Å²) in [5.41, 5.74) is 1.20. The summed E-state index contributed by atoms with van der Waals surface area (Å²) in [6, 6.07) is 8.34. The van der Waals surface area contributed by atoms with Gasteiger partial charge in [-0.25, -0.2) is 9.67 Å². The van der Waals surface area contributed by atoms with Crippen molar-refractivity contribution in [2.45, 2.75) is 39.9 Å². The zero-order chi connectivity index (χ0) is 15.2. The molecule has 0 saturated heterocycles. The van der Waals surface area contributed by atoms with Gasteiger partial charge in [0.25, 0.3) is 0 Å². The first-order valence-electron chi connectivity index (χ1n) is 7.34. The van der Waals surface area contributed by atoms with Crippen molar-refractivity contribution < 1.29 is 4.74 Å². The molecular weight excluding hydrogens is 264 g/mol. The van der Waals surface area contributed by atoms with Crippen molar-refractivity contribution in [3.05, 3.63) is 42.0 Å². The van der Waals surface area contributed by atoms with E-state index in [2.05, 4.69) is 48.3 Å². The molecule has 1 aromatic carbocycles. The second-order valence-electron chi connectivity index (χ2n) is 5.63. The summed E-state index contributed by atoms with van der Waals surface area (Å²) in [4.78, 5) is 4.33. The van der Waals surface area contributed by atoms with Crippen LogP contribution in [0, 0.1) is 5.92 Å². The van der Waals surface area contributed by atoms with Gasteiger partial charge in [-0.15, -0.1) is 0 Å². The molecule has 0 saturated carbocycles. The fourth-order valence-electron chi connectivity index (χ4n) is 2.20. The number of hydrogen-bond donors (Lipinski definition) is 1. The van der Waals surface area contributed by atoms with E-state index in [1.807, 2.05) is 16.8 Å². The van der Waals surface area contributed by atoms with Crippen LogP contribution in [0.3, 0.4) is 0 Å². The van der Waals surface area contributed by atoms with Crippen molar-refractivity contribution in [1.29, 1.82) is 0 Å². The van der Waals surface area contributed by atoms with Crippen LogP contribution in [0.25, 0.3) is 0 Å². The minimum absolute atomic E-state index is 0.226. The van der Waals surface area contributed by atoms with Gasteiger partial charge >= 0.3 is 0 Å². The van der Waals surface area contributed by atoms with Gasteiger partial charge in [-0.3, -0.25) is 0 Å². The van der Waals surface area contributed by atoms with Gasteiger partial charge in [0.05, 0.1) is 13.7 Å². The summed E-state index contributed by atoms with van der Waals surface area (Å²) in [6.45, 7) is 8.09. The summed E-state index contributed by atoms with van der Waals surface area (Å²) in [6.07, 6.45) is 1.62. The molecule has 5 nitrogen and oxygen atoms in total. The molecule has 0 unspecified atom stereocenters. The molecule has 5 heteroatoms. The van der Waals surface area contributed by atoms with Crippen LogP contribution in [-0.4, -0.2) is 21.9 Å². The first kappa shape index (κ1) is 15.5. The summed E-state index contributed by atoms with van der Waals surface area (Å²) in [7, 11) is 1.69. The van der Waals surface area contributed by atoms with E-state index >= 15 is 0 Å². The molecule has 0 aliphatic carbocycles. The van der Waals surface area contributed by atoms with Crippen LogP contribution >= 0.6 is 0 Å². The molecule has 1 aromatic heterocycles. The van der Waals surface area contributed by atoms with Crippen LogP contribution in [0.5, 0.6) is 5.75 Å². The summed E-state index contributed by atoms with van der Waals surface area (Å²) < 4.78 is 7.23. The lowest BCUT2D eigenvalue weighted by Crippen LogP contribution is -2.22. The number of ether oxygens (including phenoxy) is 1. The first-order valence-corrected chi connectivity index (χ1v) is 7.34. The van der Waals surface area contributed by atoms with Crippen molar-refractivity contribution in [3.63, 3.8) is 0 Å². The molecule has 0 bridgehead atoms. The lowest BCUT2D eigenvalue weighted by molar-refractivity contribution is 0.412. The highest BCUT2D eigenvalue weighted by Gasteiger charge is 2.10. The van der Waals surface area contributed by atoms with Crippen LogP contribution < -0.4 is 10.1 Å². The van der Waals surface area contributed by atoms with Crippen molar-refractivity contribution in [1.82, 2.24) is 20.1 Å². The largest absolute Gasteiger partial charge is 0.497 e. The Bertz CT molecular complexity index is 565. The zero-order valence-electron chi connectivity index (χ0n) is 13.2. The molecule has 2 aromatic rings. The predicted octanol–water partition coefficient (Wildman–Crippen LogP) is 2.79. The molecule has 1 atom stereocenters. The maximum atomic E-state index is 5.26. The molecular formula is C16H24N4O. The van der Waals surface area contributed by atoms with Crippen molar-refractivity contribution in [3.8, 4) is 5.75 Å². The lowest BCUT2D eigenvalue weighted by atomic mass is 10.1. The number of aromatic nitrogens is 3. The number of hydrogen-bond acceptors (Lipinski definition) is 4. The lowest BCUT2D eigenvalue weighted by Gasteiger charge is -2.15. The number of rotatable bonds is 7. The third-order valence-corrected chi connectivity index (χ3v) is 3.39. The Labute approximate surface area is 126 Å². The third kappa shape index (κ3) is 4.29. The van der Waals surface area contributed by atoms with Gasteiger partial charge in [0, 0.05) is 12.6 Å². The number of benzene rings is 1. The molecule has 0 spiro atoms. The minimum atomic E-state index is 0.226. The Morgan fingerprint density at radius 3 is 2.81 bits per heavy atom. The maximum absolute atomic E-state index is 5.26. The summed E-state index contributed by atoms with van der Waals surface area (Å²) >= 11 is 0. The van der Waals surface area contributed by atoms with Gasteiger partial charge < -0.3 is 10.1 Å². The van der Waals surface area contributed by atoms with Gasteiger partial charge in [-0.2, -0.15) is 5.10 Å². The Morgan fingerprint density at radius 1 is 1.29 bits per heavy atom. The number of nitrogens with zero attached hydrogens (tertiary/aromatic N) is 3. The van der Waals surface area contributed by atoms with Gasteiger partial charge in [-0.1, -0.05) is 26.0 Å². The van der Waals surface area contributed by atoms with Crippen molar-refractivity contribution in [2.75, 3.05) is 7.11 Å². The van der Waals surface area contributed by atoms with Crippen LogP contribution in [0.1, 0.15) is 38.2 Å². The Kier molecular flexibility index (Phi) is 5.33. The average Bonchev–Trinajstić information content (AvgIpc) is 2.91. The molecule has 2 rings (SSSR count). The molecule has 1 N–H and O–H groups in total. The molecule has 0 fully saturated rings. The van der Waals surface area contributed by atoms with E-state index < -0.39 is 0 Å². The zero-order valence-corrected chi connectivity index (χ0v) is 13.2. The van der Waals surface area contributed by atoms with Crippen molar-refractivity contribution >= 4 is 0 Å². The maximum Gasteiger partial charge on any atom is 0.140 e. The standard InChI is InChI=1S/C16H24N4O/c1-12(2)10-20-16(18-11-19-20)9-17-13(3)14-6-5-7-15(8-14)21-4/h5-8,11-13,17H,9-10H2,1-4H3/t13-/m0/s1. The minimum Gasteiger partial charge on any atom is -0.497 e. The second kappa shape index (κ2) is 7.22. The predicted molar refractivity (Wildman–Crippen MR) is 83.1 cm³/mol. The van der Waals surface area contributed by atoms with E-state index in [0.717, 1.165) is 18.1 Å². The SMILES string of the molecule is COc1cccc([C@H](C)NCc2ncnn2CC(C)C)c1. The summed E-state index contributed by atoms with van der Waals surface area (Å²) in [5, 5.41) is 7.77. The van der Waals surface area contributed by atoms with Crippen LogP contribution in [0.4, 0.5) is 0 Å². The highest BCUT2D eigenvalue weighted by molar-refractivity contribution is 5.30. The van der Waals surface area contributed by atoms with Crippen LogP contribution in [0.2, 0.25) is 0 Å². The van der Waals surface area contributed by atoms with Gasteiger partial charge in [0.15, 0.2) is 0 Å². The monoisotopic (exact) mass is 288 g/mol. The van der Waals surface area contributed by atoms with Gasteiger partial charge in [0.2, 0.25) is 0 Å². The third-order valence-electron chi connectivity index (χ3n) is 3.39. The van der Waals surface area contributed by atoms with E-state index in [4.69, 9.17) is 4.74 Å². The van der Waals surface area contributed by atoms with Crippen LogP contribution in [-0.2, 0) is 13.1 Å². The topological polar surface area (TPSA) is 52.0 Å². The number of nitrogens with one attached hydrogen (secondary N) is 1. The highest BCUT2D eigenvalue weighted by Crippen LogP contribution is 2.19. The van der Waals surface area contributed by atoms with E-state index in [1.54, 1.807) is 13.4 Å². The molecule has 0 aliphatic heterocycles. The smallest absolute Gasteiger partial charge is 0.140 e. The normalized spacial score (nSPS) is 12.6. The van der Waals surface area contributed by atoms with Gasteiger partial charge in [0.1, 0.15) is 17.9 Å². The highest BCUT2D eigenvalue weighted by atomic mass is 16.5. The average molecular weight is 288 g/mol. The second-order valence-corrected chi connectivity index (χ2v) is 5.63. The molecule has 0 amide bonds. The van der Waals surface area contributed by atoms with E-state index in [-0.39, 0.29) is 6.04 Å². The van der Waals surface area contributed by atoms with E-state index in [1.165, 1.54) is 5.56 Å². The first-order chi connectivity index (χ1) is 10.1. The summed E-state index contributed by atoms with van der Waals surface area (Å²) in [5.74, 6) is 2.41. The van der Waals surface area contributed by atoms with E-state index in [9.17, 15) is 0 Å². The van der Waals surface area contributed by atoms with Crippen LogP contribution in [0.15, 0.2) is 30.6 Å². The van der Waals surface area contributed by atoms with Gasteiger partial charge in [-0.05, 0) is 30.5 Å². The molecule has 1 heterocycles. The fraction of sp³-hybridized carbons (Fsp3) is 0.500. The fourth-order valence-corrected chi connectivity index (χ4v) is 2.20. The van der Waals surface area contributed by atoms with Crippen molar-refractivity contribution in [2.24, 2.45) is 5.92 Å².